The summed E-state index contributed by atoms with van der Waals surface area (Å²) in [5.41, 5.74) is 1.07. The van der Waals surface area contributed by atoms with Crippen molar-refractivity contribution in [2.24, 2.45) is 5.41 Å². The molecule has 0 saturated heterocycles. The topological polar surface area (TPSA) is 55.2 Å². The minimum absolute atomic E-state index is 0.146. The van der Waals surface area contributed by atoms with Crippen LogP contribution in [0.4, 0.5) is 11.4 Å². The van der Waals surface area contributed by atoms with E-state index in [1.54, 1.807) is 18.2 Å². The Bertz CT molecular complexity index is 471. The Labute approximate surface area is 121 Å². The van der Waals surface area contributed by atoms with E-state index in [4.69, 9.17) is 0 Å². The lowest BCUT2D eigenvalue weighted by Crippen LogP contribution is -2.26. The van der Waals surface area contributed by atoms with Gasteiger partial charge in [-0.3, -0.25) is 10.1 Å². The number of nitro benzene ring substituents is 1. The van der Waals surface area contributed by atoms with Gasteiger partial charge in [0, 0.05) is 17.1 Å². The van der Waals surface area contributed by atoms with Gasteiger partial charge in [0.25, 0.3) is 5.69 Å². The highest BCUT2D eigenvalue weighted by atomic mass is 79.9. The van der Waals surface area contributed by atoms with E-state index < -0.39 is 0 Å². The lowest BCUT2D eigenvalue weighted by molar-refractivity contribution is -0.384. The van der Waals surface area contributed by atoms with Crippen LogP contribution in [0.5, 0.6) is 0 Å². The number of anilines is 1. The van der Waals surface area contributed by atoms with E-state index in [1.807, 2.05) is 0 Å². The van der Waals surface area contributed by atoms with E-state index in [0.29, 0.717) is 11.1 Å². The molecule has 19 heavy (non-hydrogen) atoms. The number of hydrogen-bond acceptors (Lipinski definition) is 3. The van der Waals surface area contributed by atoms with Gasteiger partial charge in [0.15, 0.2) is 0 Å². The van der Waals surface area contributed by atoms with Crippen molar-refractivity contribution in [1.82, 2.24) is 0 Å². The molecule has 0 heterocycles. The van der Waals surface area contributed by atoms with Crippen molar-refractivity contribution in [3.05, 3.63) is 32.8 Å². The highest BCUT2D eigenvalue weighted by molar-refractivity contribution is 9.10. The van der Waals surface area contributed by atoms with Gasteiger partial charge in [-0.1, -0.05) is 35.7 Å². The van der Waals surface area contributed by atoms with Gasteiger partial charge >= 0.3 is 0 Å². The minimum Gasteiger partial charge on any atom is -0.379 e. The number of rotatable bonds is 5. The second kappa shape index (κ2) is 5.90. The number of nitrogens with zero attached hydrogens (tertiary/aromatic N) is 1. The van der Waals surface area contributed by atoms with Crippen LogP contribution in [0, 0.1) is 15.5 Å². The summed E-state index contributed by atoms with van der Waals surface area (Å²) < 4.78 is 0.859. The average Bonchev–Trinajstić information content (AvgIpc) is 2.85. The number of halogens is 1. The standard InChI is InChI=1S/C14H19BrN2O2/c1-2-14(7-3-4-8-14)10-16-12-9-11(15)5-6-13(12)17(18)19/h5-6,9,16H,2-4,7-8,10H2,1H3. The van der Waals surface area contributed by atoms with Crippen LogP contribution < -0.4 is 5.32 Å². The van der Waals surface area contributed by atoms with E-state index in [9.17, 15) is 10.1 Å². The molecule has 1 saturated carbocycles. The summed E-state index contributed by atoms with van der Waals surface area (Å²) in [6.07, 6.45) is 6.12. The summed E-state index contributed by atoms with van der Waals surface area (Å²) in [5, 5.41) is 14.3. The Hall–Kier alpha value is -1.10. The second-order valence-corrected chi connectivity index (χ2v) is 6.25. The van der Waals surface area contributed by atoms with E-state index in [-0.39, 0.29) is 10.6 Å². The SMILES string of the molecule is CCC1(CNc2cc(Br)ccc2[N+](=O)[O-])CCCC1. The van der Waals surface area contributed by atoms with Gasteiger partial charge < -0.3 is 5.32 Å². The summed E-state index contributed by atoms with van der Waals surface area (Å²) in [4.78, 5) is 10.7. The number of benzene rings is 1. The monoisotopic (exact) mass is 326 g/mol. The summed E-state index contributed by atoms with van der Waals surface area (Å²) in [7, 11) is 0. The molecule has 0 unspecified atom stereocenters. The number of nitro groups is 1. The predicted octanol–water partition coefficient (Wildman–Crippen LogP) is 4.74. The van der Waals surface area contributed by atoms with Crippen molar-refractivity contribution in [3.8, 4) is 0 Å². The van der Waals surface area contributed by atoms with Gasteiger partial charge in [-0.15, -0.1) is 0 Å². The molecule has 0 atom stereocenters. The van der Waals surface area contributed by atoms with Crippen molar-refractivity contribution < 1.29 is 4.92 Å². The first kappa shape index (κ1) is 14.3. The van der Waals surface area contributed by atoms with Crippen LogP contribution in [0.3, 0.4) is 0 Å². The summed E-state index contributed by atoms with van der Waals surface area (Å²) >= 11 is 3.37. The van der Waals surface area contributed by atoms with Crippen molar-refractivity contribution in [3.63, 3.8) is 0 Å². The molecule has 0 spiro atoms. The van der Waals surface area contributed by atoms with Gasteiger partial charge in [-0.2, -0.15) is 0 Å². The minimum atomic E-state index is -0.331. The fourth-order valence-electron chi connectivity index (χ4n) is 2.87. The maximum Gasteiger partial charge on any atom is 0.292 e. The van der Waals surface area contributed by atoms with Gasteiger partial charge in [-0.25, -0.2) is 0 Å². The van der Waals surface area contributed by atoms with Crippen molar-refractivity contribution >= 4 is 27.3 Å². The molecule has 1 aromatic carbocycles. The molecule has 104 valence electrons. The maximum absolute atomic E-state index is 11.0. The van der Waals surface area contributed by atoms with E-state index >= 15 is 0 Å². The third kappa shape index (κ3) is 3.26. The molecule has 0 aliphatic heterocycles. The Balaban J connectivity index is 2.14. The van der Waals surface area contributed by atoms with Crippen LogP contribution in [0.1, 0.15) is 39.0 Å². The quantitative estimate of drug-likeness (QED) is 0.628. The lowest BCUT2D eigenvalue weighted by atomic mass is 9.83. The number of hydrogen-bond donors (Lipinski definition) is 1. The lowest BCUT2D eigenvalue weighted by Gasteiger charge is -2.28. The molecular weight excluding hydrogens is 308 g/mol. The molecule has 0 radical (unpaired) electrons. The first-order chi connectivity index (χ1) is 9.06. The zero-order valence-corrected chi connectivity index (χ0v) is 12.7. The normalized spacial score (nSPS) is 17.4. The Morgan fingerprint density at radius 2 is 2.11 bits per heavy atom. The zero-order chi connectivity index (χ0) is 13.9. The molecule has 2 rings (SSSR count). The first-order valence-electron chi connectivity index (χ1n) is 6.74. The van der Waals surface area contributed by atoms with E-state index in [2.05, 4.69) is 28.2 Å². The van der Waals surface area contributed by atoms with Crippen LogP contribution in [0.25, 0.3) is 0 Å². The summed E-state index contributed by atoms with van der Waals surface area (Å²) in [6.45, 7) is 3.03. The fraction of sp³-hybridized carbons (Fsp3) is 0.571. The zero-order valence-electron chi connectivity index (χ0n) is 11.1. The van der Waals surface area contributed by atoms with Gasteiger partial charge in [-0.05, 0) is 36.8 Å². The van der Waals surface area contributed by atoms with Crippen LogP contribution in [0.15, 0.2) is 22.7 Å². The molecule has 1 aliphatic rings. The summed E-state index contributed by atoms with van der Waals surface area (Å²) in [5.74, 6) is 0. The van der Waals surface area contributed by atoms with Crippen LogP contribution in [-0.4, -0.2) is 11.5 Å². The van der Waals surface area contributed by atoms with Crippen molar-refractivity contribution in [2.75, 3.05) is 11.9 Å². The van der Waals surface area contributed by atoms with Crippen LogP contribution in [0.2, 0.25) is 0 Å². The molecule has 0 amide bonds. The second-order valence-electron chi connectivity index (χ2n) is 5.33. The Morgan fingerprint density at radius 3 is 2.68 bits per heavy atom. The smallest absolute Gasteiger partial charge is 0.292 e. The van der Waals surface area contributed by atoms with Gasteiger partial charge in [0.2, 0.25) is 0 Å². The number of nitrogens with one attached hydrogen (secondary N) is 1. The average molecular weight is 327 g/mol. The predicted molar refractivity (Wildman–Crippen MR) is 80.5 cm³/mol. The molecule has 4 nitrogen and oxygen atoms in total. The third-order valence-corrected chi connectivity index (χ3v) is 4.72. The third-order valence-electron chi connectivity index (χ3n) is 4.22. The Kier molecular flexibility index (Phi) is 4.45. The highest BCUT2D eigenvalue weighted by Gasteiger charge is 2.32. The van der Waals surface area contributed by atoms with E-state index in [0.717, 1.165) is 17.4 Å². The molecule has 0 bridgehead atoms. The summed E-state index contributed by atoms with van der Waals surface area (Å²) in [6, 6.07) is 5.03. The van der Waals surface area contributed by atoms with Crippen molar-refractivity contribution in [2.45, 2.75) is 39.0 Å². The molecule has 5 heteroatoms. The molecule has 0 aromatic heterocycles. The highest BCUT2D eigenvalue weighted by Crippen LogP contribution is 2.41. The van der Waals surface area contributed by atoms with Crippen LogP contribution >= 0.6 is 15.9 Å². The fourth-order valence-corrected chi connectivity index (χ4v) is 3.23. The van der Waals surface area contributed by atoms with Gasteiger partial charge in [0.05, 0.1) is 4.92 Å². The first-order valence-corrected chi connectivity index (χ1v) is 7.53. The van der Waals surface area contributed by atoms with Crippen LogP contribution in [-0.2, 0) is 0 Å². The Morgan fingerprint density at radius 1 is 1.42 bits per heavy atom. The molecule has 1 fully saturated rings. The van der Waals surface area contributed by atoms with E-state index in [1.165, 1.54) is 25.7 Å². The van der Waals surface area contributed by atoms with Crippen molar-refractivity contribution in [1.29, 1.82) is 0 Å². The largest absolute Gasteiger partial charge is 0.379 e. The maximum atomic E-state index is 11.0. The molecule has 1 aliphatic carbocycles. The van der Waals surface area contributed by atoms with Gasteiger partial charge in [0.1, 0.15) is 5.69 Å². The molecule has 1 N–H and O–H groups in total. The molecule has 1 aromatic rings. The molecular formula is C14H19BrN2O2.